The van der Waals surface area contributed by atoms with Crippen molar-refractivity contribution in [1.29, 1.82) is 0 Å². The molecule has 3 amide bonds. The van der Waals surface area contributed by atoms with Crippen LogP contribution in [0.25, 0.3) is 0 Å². The summed E-state index contributed by atoms with van der Waals surface area (Å²) in [5.41, 5.74) is 2.70. The number of nitrogen functional groups attached to an aromatic ring is 1. The average molecular weight is 336 g/mol. The van der Waals surface area contributed by atoms with E-state index in [0.29, 0.717) is 5.69 Å². The number of carbonyl (C=O) groups is 3. The minimum absolute atomic E-state index is 0.138. The molecule has 0 aliphatic carbocycles. The molecule has 0 saturated heterocycles. The number of hydrogen-bond donors (Lipinski definition) is 5. The number of nitrogens with two attached hydrogens (primary N) is 1. The Morgan fingerprint density at radius 2 is 2.00 bits per heavy atom. The van der Waals surface area contributed by atoms with Crippen LogP contribution < -0.4 is 20.9 Å². The molecule has 2 rings (SSSR count). The molecule has 0 atom stereocenters. The number of nitrogens with one attached hydrogen (secondary N) is 2. The number of furan rings is 1. The van der Waals surface area contributed by atoms with Gasteiger partial charge in [0, 0.05) is 17.3 Å². The van der Waals surface area contributed by atoms with Gasteiger partial charge in [-0.3, -0.25) is 10.2 Å². The highest BCUT2D eigenvalue weighted by molar-refractivity contribution is 7.82. The van der Waals surface area contributed by atoms with E-state index in [2.05, 4.69) is 18.1 Å². The summed E-state index contributed by atoms with van der Waals surface area (Å²) in [6.45, 7) is 0. The van der Waals surface area contributed by atoms with Crippen molar-refractivity contribution < 1.29 is 23.9 Å². The maximum Gasteiger partial charge on any atom is 0.371 e. The molecule has 0 aliphatic heterocycles. The Bertz CT molecular complexity index is 760. The predicted octanol–water partition coefficient (Wildman–Crippen LogP) is 1.46. The summed E-state index contributed by atoms with van der Waals surface area (Å²) in [6.07, 6.45) is 1.08. The summed E-state index contributed by atoms with van der Waals surface area (Å²) in [7, 11) is 0. The Morgan fingerprint density at radius 1 is 1.26 bits per heavy atom. The van der Waals surface area contributed by atoms with E-state index in [-0.39, 0.29) is 17.0 Å². The molecule has 5 N–H and O–H groups in total. The van der Waals surface area contributed by atoms with Gasteiger partial charge in [0.15, 0.2) is 0 Å². The standard InChI is InChI=1S/C13H12N4O5S/c14-16-11(18)7-2-1-3-8(4-7)15-13(21)17(23)9-5-10(12(19)20)22-6-9/h1-6,23H,14H2,(H,15,21)(H,16,18)(H,19,20). The molecular formula is C13H12N4O5S. The monoisotopic (exact) mass is 336 g/mol. The normalized spacial score (nSPS) is 10.0. The number of carbonyl (C=O) groups excluding carboxylic acids is 2. The maximum absolute atomic E-state index is 12.1. The summed E-state index contributed by atoms with van der Waals surface area (Å²) < 4.78 is 5.64. The molecular weight excluding hydrogens is 324 g/mol. The summed E-state index contributed by atoms with van der Waals surface area (Å²) >= 11 is 3.98. The highest BCUT2D eigenvalue weighted by Gasteiger charge is 2.18. The van der Waals surface area contributed by atoms with E-state index in [1.165, 1.54) is 12.1 Å². The van der Waals surface area contributed by atoms with Gasteiger partial charge in [0.2, 0.25) is 5.76 Å². The van der Waals surface area contributed by atoms with Gasteiger partial charge in [-0.15, -0.1) is 0 Å². The van der Waals surface area contributed by atoms with Crippen LogP contribution in [0.2, 0.25) is 0 Å². The molecule has 0 aliphatic rings. The van der Waals surface area contributed by atoms with Gasteiger partial charge in [0.05, 0.1) is 5.69 Å². The van der Waals surface area contributed by atoms with Crippen LogP contribution in [0.5, 0.6) is 0 Å². The number of thiol groups is 1. The number of carboxylic acid groups (broad SMARTS) is 1. The lowest BCUT2D eigenvalue weighted by molar-refractivity contribution is 0.0662. The Kier molecular flexibility index (Phi) is 4.88. The van der Waals surface area contributed by atoms with Gasteiger partial charge in [-0.05, 0) is 18.2 Å². The maximum atomic E-state index is 12.1. The van der Waals surface area contributed by atoms with Crippen molar-refractivity contribution in [3.8, 4) is 0 Å². The van der Waals surface area contributed by atoms with Crippen molar-refractivity contribution in [3.63, 3.8) is 0 Å². The first-order valence-corrected chi connectivity index (χ1v) is 6.55. The zero-order chi connectivity index (χ0) is 17.0. The van der Waals surface area contributed by atoms with E-state index < -0.39 is 17.9 Å². The van der Waals surface area contributed by atoms with Crippen LogP contribution in [0.1, 0.15) is 20.9 Å². The summed E-state index contributed by atoms with van der Waals surface area (Å²) in [6, 6.07) is 6.53. The highest BCUT2D eigenvalue weighted by atomic mass is 32.1. The highest BCUT2D eigenvalue weighted by Crippen LogP contribution is 2.21. The van der Waals surface area contributed by atoms with Crippen molar-refractivity contribution in [2.45, 2.75) is 0 Å². The average Bonchev–Trinajstić information content (AvgIpc) is 3.03. The zero-order valence-electron chi connectivity index (χ0n) is 11.5. The van der Waals surface area contributed by atoms with Crippen molar-refractivity contribution >= 4 is 42.1 Å². The minimum Gasteiger partial charge on any atom is -0.475 e. The van der Waals surface area contributed by atoms with Gasteiger partial charge in [-0.1, -0.05) is 18.9 Å². The molecule has 23 heavy (non-hydrogen) atoms. The van der Waals surface area contributed by atoms with Crippen molar-refractivity contribution in [2.75, 3.05) is 9.62 Å². The van der Waals surface area contributed by atoms with E-state index in [0.717, 1.165) is 16.6 Å². The van der Waals surface area contributed by atoms with E-state index in [4.69, 9.17) is 15.4 Å². The third-order valence-electron chi connectivity index (χ3n) is 2.74. The number of amides is 3. The fourth-order valence-corrected chi connectivity index (χ4v) is 1.82. The molecule has 0 saturated carbocycles. The number of urea groups is 1. The zero-order valence-corrected chi connectivity index (χ0v) is 12.4. The second-order valence-electron chi connectivity index (χ2n) is 4.27. The number of rotatable bonds is 4. The van der Waals surface area contributed by atoms with Crippen LogP contribution in [0.15, 0.2) is 41.0 Å². The van der Waals surface area contributed by atoms with Crippen LogP contribution in [0.3, 0.4) is 0 Å². The number of carboxylic acids is 1. The second kappa shape index (κ2) is 6.85. The first kappa shape index (κ1) is 16.4. The fourth-order valence-electron chi connectivity index (χ4n) is 1.66. The molecule has 0 radical (unpaired) electrons. The lowest BCUT2D eigenvalue weighted by atomic mass is 10.2. The van der Waals surface area contributed by atoms with E-state index in [1.54, 1.807) is 12.1 Å². The van der Waals surface area contributed by atoms with E-state index in [9.17, 15) is 14.4 Å². The number of nitrogens with zero attached hydrogens (tertiary/aromatic N) is 1. The molecule has 120 valence electrons. The van der Waals surface area contributed by atoms with Crippen LogP contribution in [-0.2, 0) is 0 Å². The third kappa shape index (κ3) is 3.81. The number of benzene rings is 1. The molecule has 10 heteroatoms. The largest absolute Gasteiger partial charge is 0.475 e. The molecule has 0 unspecified atom stereocenters. The van der Waals surface area contributed by atoms with Gasteiger partial charge >= 0.3 is 12.0 Å². The SMILES string of the molecule is NNC(=O)c1cccc(NC(=O)N(S)c2coc(C(=O)O)c2)c1. The Labute approximate surface area is 135 Å². The molecule has 9 nitrogen and oxygen atoms in total. The van der Waals surface area contributed by atoms with Gasteiger partial charge < -0.3 is 14.8 Å². The van der Waals surface area contributed by atoms with Crippen LogP contribution in [-0.4, -0.2) is 23.0 Å². The molecule has 1 aromatic heterocycles. The van der Waals surface area contributed by atoms with Gasteiger partial charge in [-0.25, -0.2) is 19.7 Å². The van der Waals surface area contributed by atoms with Gasteiger partial charge in [-0.2, -0.15) is 0 Å². The third-order valence-corrected chi connectivity index (χ3v) is 3.15. The van der Waals surface area contributed by atoms with E-state index >= 15 is 0 Å². The lowest BCUT2D eigenvalue weighted by Crippen LogP contribution is -2.30. The predicted molar refractivity (Wildman–Crippen MR) is 84.2 cm³/mol. The molecule has 0 bridgehead atoms. The first-order chi connectivity index (χ1) is 10.9. The summed E-state index contributed by atoms with van der Waals surface area (Å²) in [5.74, 6) is 2.94. The second-order valence-corrected chi connectivity index (χ2v) is 4.67. The smallest absolute Gasteiger partial charge is 0.371 e. The number of aromatic carboxylic acids is 1. The van der Waals surface area contributed by atoms with Crippen molar-refractivity contribution in [3.05, 3.63) is 47.9 Å². The molecule has 1 heterocycles. The fraction of sp³-hybridized carbons (Fsp3) is 0. The van der Waals surface area contributed by atoms with Crippen LogP contribution >= 0.6 is 12.8 Å². The van der Waals surface area contributed by atoms with Gasteiger partial charge in [0.25, 0.3) is 5.91 Å². The number of anilines is 2. The molecule has 1 aromatic carbocycles. The van der Waals surface area contributed by atoms with Gasteiger partial charge in [0.1, 0.15) is 6.26 Å². The van der Waals surface area contributed by atoms with Crippen LogP contribution in [0.4, 0.5) is 16.2 Å². The Morgan fingerprint density at radius 3 is 2.61 bits per heavy atom. The number of hydrazine groups is 1. The minimum atomic E-state index is -1.26. The van der Waals surface area contributed by atoms with E-state index in [1.807, 2.05) is 5.43 Å². The van der Waals surface area contributed by atoms with Crippen molar-refractivity contribution in [2.24, 2.45) is 5.84 Å². The quantitative estimate of drug-likeness (QED) is 0.248. The Hall–Kier alpha value is -2.98. The van der Waals surface area contributed by atoms with Crippen molar-refractivity contribution in [1.82, 2.24) is 5.43 Å². The molecule has 0 fully saturated rings. The number of hydrogen-bond acceptors (Lipinski definition) is 6. The molecule has 2 aromatic rings. The summed E-state index contributed by atoms with van der Waals surface area (Å²) in [4.78, 5) is 34.2. The lowest BCUT2D eigenvalue weighted by Gasteiger charge is -2.14. The topological polar surface area (TPSA) is 138 Å². The first-order valence-electron chi connectivity index (χ1n) is 6.15. The van der Waals surface area contributed by atoms with Crippen LogP contribution in [0, 0.1) is 0 Å². The molecule has 0 spiro atoms. The Balaban J connectivity index is 2.11. The summed E-state index contributed by atoms with van der Waals surface area (Å²) in [5, 5.41) is 11.3.